The van der Waals surface area contributed by atoms with Crippen LogP contribution in [0.2, 0.25) is 0 Å². The van der Waals surface area contributed by atoms with Crippen molar-refractivity contribution in [3.05, 3.63) is 34.3 Å². The Morgan fingerprint density at radius 3 is 2.76 bits per heavy atom. The molecule has 1 heterocycles. The first kappa shape index (κ1) is 12.4. The van der Waals surface area contributed by atoms with Gasteiger partial charge in [-0.1, -0.05) is 28.1 Å². The SMILES string of the molecule is CC1CCCN1C(=O)OCc1ccc(Br)cc1. The molecule has 1 saturated heterocycles. The fourth-order valence-corrected chi connectivity index (χ4v) is 2.28. The lowest BCUT2D eigenvalue weighted by Crippen LogP contribution is -2.33. The number of rotatable bonds is 2. The largest absolute Gasteiger partial charge is 0.445 e. The molecule has 1 aliphatic heterocycles. The van der Waals surface area contributed by atoms with Gasteiger partial charge in [0.1, 0.15) is 6.61 Å². The number of hydrogen-bond acceptors (Lipinski definition) is 2. The molecule has 1 aromatic carbocycles. The van der Waals surface area contributed by atoms with Crippen LogP contribution in [0.15, 0.2) is 28.7 Å². The van der Waals surface area contributed by atoms with Gasteiger partial charge in [0.2, 0.25) is 0 Å². The third-order valence-electron chi connectivity index (χ3n) is 3.06. The van der Waals surface area contributed by atoms with E-state index in [1.165, 1.54) is 0 Å². The van der Waals surface area contributed by atoms with Crippen LogP contribution >= 0.6 is 15.9 Å². The highest BCUT2D eigenvalue weighted by Crippen LogP contribution is 2.18. The summed E-state index contributed by atoms with van der Waals surface area (Å²) in [5.74, 6) is 0. The zero-order chi connectivity index (χ0) is 12.3. The first-order valence-corrected chi connectivity index (χ1v) is 6.64. The van der Waals surface area contributed by atoms with E-state index in [0.717, 1.165) is 29.4 Å². The smallest absolute Gasteiger partial charge is 0.410 e. The number of carbonyl (C=O) groups is 1. The second-order valence-corrected chi connectivity index (χ2v) is 5.28. The van der Waals surface area contributed by atoms with Crippen LogP contribution in [0.4, 0.5) is 4.79 Å². The predicted molar refractivity (Wildman–Crippen MR) is 69.7 cm³/mol. The molecule has 0 radical (unpaired) electrons. The Morgan fingerprint density at radius 1 is 1.47 bits per heavy atom. The predicted octanol–water partition coefficient (Wildman–Crippen LogP) is 3.57. The summed E-state index contributed by atoms with van der Waals surface area (Å²) >= 11 is 3.37. The van der Waals surface area contributed by atoms with Crippen LogP contribution in [0.3, 0.4) is 0 Å². The Bertz CT molecular complexity index is 391. The molecular formula is C13H16BrNO2. The Labute approximate surface area is 110 Å². The first-order chi connectivity index (χ1) is 8.16. The van der Waals surface area contributed by atoms with E-state index in [-0.39, 0.29) is 6.09 Å². The van der Waals surface area contributed by atoms with Crippen LogP contribution < -0.4 is 0 Å². The minimum atomic E-state index is -0.196. The second kappa shape index (κ2) is 5.54. The van der Waals surface area contributed by atoms with Crippen molar-refractivity contribution in [3.8, 4) is 0 Å². The highest BCUT2D eigenvalue weighted by Gasteiger charge is 2.26. The lowest BCUT2D eigenvalue weighted by atomic mass is 10.2. The molecule has 1 fully saturated rings. The molecule has 1 atom stereocenters. The number of ether oxygens (including phenoxy) is 1. The molecule has 0 spiro atoms. The van der Waals surface area contributed by atoms with Crippen molar-refractivity contribution in [2.45, 2.75) is 32.4 Å². The molecule has 17 heavy (non-hydrogen) atoms. The zero-order valence-electron chi connectivity index (χ0n) is 9.86. The van der Waals surface area contributed by atoms with Crippen LogP contribution in [0.5, 0.6) is 0 Å². The summed E-state index contributed by atoms with van der Waals surface area (Å²) in [6.45, 7) is 3.23. The molecule has 0 N–H and O–H groups in total. The minimum absolute atomic E-state index is 0.196. The van der Waals surface area contributed by atoms with E-state index >= 15 is 0 Å². The third-order valence-corrected chi connectivity index (χ3v) is 3.59. The Kier molecular flexibility index (Phi) is 4.05. The number of hydrogen-bond donors (Lipinski definition) is 0. The number of likely N-dealkylation sites (tertiary alicyclic amines) is 1. The lowest BCUT2D eigenvalue weighted by molar-refractivity contribution is 0.0944. The standard InChI is InChI=1S/C13H16BrNO2/c1-10-3-2-8-15(10)13(16)17-9-11-4-6-12(14)7-5-11/h4-7,10H,2-3,8-9H2,1H3. The van der Waals surface area contributed by atoms with E-state index in [9.17, 15) is 4.79 Å². The maximum atomic E-state index is 11.8. The van der Waals surface area contributed by atoms with Crippen molar-refractivity contribution in [2.75, 3.05) is 6.54 Å². The van der Waals surface area contributed by atoms with Crippen molar-refractivity contribution < 1.29 is 9.53 Å². The molecule has 4 heteroatoms. The summed E-state index contributed by atoms with van der Waals surface area (Å²) in [6, 6.07) is 8.10. The molecule has 92 valence electrons. The van der Waals surface area contributed by atoms with Crippen molar-refractivity contribution in [1.29, 1.82) is 0 Å². The molecule has 0 aliphatic carbocycles. The average molecular weight is 298 g/mol. The monoisotopic (exact) mass is 297 g/mol. The first-order valence-electron chi connectivity index (χ1n) is 5.84. The fraction of sp³-hybridized carbons (Fsp3) is 0.462. The van der Waals surface area contributed by atoms with Crippen LogP contribution in [0, 0.1) is 0 Å². The lowest BCUT2D eigenvalue weighted by Gasteiger charge is -2.20. The number of nitrogens with zero attached hydrogens (tertiary/aromatic N) is 1. The minimum Gasteiger partial charge on any atom is -0.445 e. The van der Waals surface area contributed by atoms with E-state index in [1.807, 2.05) is 24.3 Å². The molecule has 0 saturated carbocycles. The van der Waals surface area contributed by atoms with Gasteiger partial charge >= 0.3 is 6.09 Å². The summed E-state index contributed by atoms with van der Waals surface area (Å²) < 4.78 is 6.32. The molecular weight excluding hydrogens is 282 g/mol. The van der Waals surface area contributed by atoms with Gasteiger partial charge in [0.15, 0.2) is 0 Å². The number of benzene rings is 1. The highest BCUT2D eigenvalue weighted by atomic mass is 79.9. The van der Waals surface area contributed by atoms with Crippen LogP contribution in [-0.2, 0) is 11.3 Å². The van der Waals surface area contributed by atoms with Crippen molar-refractivity contribution in [2.24, 2.45) is 0 Å². The van der Waals surface area contributed by atoms with Crippen LogP contribution in [0.25, 0.3) is 0 Å². The molecule has 2 rings (SSSR count). The summed E-state index contributed by atoms with van der Waals surface area (Å²) in [7, 11) is 0. The number of amides is 1. The van der Waals surface area contributed by atoms with Gasteiger partial charge in [-0.25, -0.2) is 4.79 Å². The van der Waals surface area contributed by atoms with Gasteiger partial charge in [-0.05, 0) is 37.5 Å². The van der Waals surface area contributed by atoms with Crippen LogP contribution in [-0.4, -0.2) is 23.6 Å². The van der Waals surface area contributed by atoms with Gasteiger partial charge in [0.05, 0.1) is 0 Å². The molecule has 1 amide bonds. The fourth-order valence-electron chi connectivity index (χ4n) is 2.01. The summed E-state index contributed by atoms with van der Waals surface area (Å²) in [4.78, 5) is 13.6. The van der Waals surface area contributed by atoms with E-state index in [0.29, 0.717) is 12.6 Å². The van der Waals surface area contributed by atoms with Crippen molar-refractivity contribution in [3.63, 3.8) is 0 Å². The molecule has 1 aromatic rings. The van der Waals surface area contributed by atoms with Gasteiger partial charge < -0.3 is 9.64 Å². The molecule has 1 aliphatic rings. The normalized spacial score (nSPS) is 19.4. The Hall–Kier alpha value is -1.03. The molecule has 3 nitrogen and oxygen atoms in total. The maximum Gasteiger partial charge on any atom is 0.410 e. The molecule has 1 unspecified atom stereocenters. The van der Waals surface area contributed by atoms with E-state index < -0.39 is 0 Å². The van der Waals surface area contributed by atoms with Gasteiger partial charge in [0, 0.05) is 17.1 Å². The topological polar surface area (TPSA) is 29.5 Å². The van der Waals surface area contributed by atoms with E-state index in [1.54, 1.807) is 4.90 Å². The summed E-state index contributed by atoms with van der Waals surface area (Å²) in [5, 5.41) is 0. The maximum absolute atomic E-state index is 11.8. The Morgan fingerprint density at radius 2 is 2.18 bits per heavy atom. The summed E-state index contributed by atoms with van der Waals surface area (Å²) in [6.07, 6.45) is 1.96. The highest BCUT2D eigenvalue weighted by molar-refractivity contribution is 9.10. The van der Waals surface area contributed by atoms with Gasteiger partial charge in [-0.2, -0.15) is 0 Å². The number of carbonyl (C=O) groups excluding carboxylic acids is 1. The summed E-state index contributed by atoms with van der Waals surface area (Å²) in [5.41, 5.74) is 1.01. The van der Waals surface area contributed by atoms with Crippen molar-refractivity contribution >= 4 is 22.0 Å². The van der Waals surface area contributed by atoms with Gasteiger partial charge in [0.25, 0.3) is 0 Å². The molecule has 0 bridgehead atoms. The third kappa shape index (κ3) is 3.22. The van der Waals surface area contributed by atoms with Gasteiger partial charge in [-0.3, -0.25) is 0 Å². The van der Waals surface area contributed by atoms with Crippen molar-refractivity contribution in [1.82, 2.24) is 4.90 Å². The second-order valence-electron chi connectivity index (χ2n) is 4.37. The van der Waals surface area contributed by atoms with Gasteiger partial charge in [-0.15, -0.1) is 0 Å². The van der Waals surface area contributed by atoms with Crippen LogP contribution in [0.1, 0.15) is 25.3 Å². The Balaban J connectivity index is 1.85. The zero-order valence-corrected chi connectivity index (χ0v) is 11.4. The van der Waals surface area contributed by atoms with E-state index in [2.05, 4.69) is 22.9 Å². The molecule has 0 aromatic heterocycles. The van der Waals surface area contributed by atoms with E-state index in [4.69, 9.17) is 4.74 Å². The number of halogens is 1. The quantitative estimate of drug-likeness (QED) is 0.835. The average Bonchev–Trinajstić information content (AvgIpc) is 2.74.